The molecule has 1 fully saturated rings. The molecule has 1 aliphatic heterocycles. The van der Waals surface area contributed by atoms with E-state index in [2.05, 4.69) is 5.16 Å². The Balaban J connectivity index is 1.68. The first-order valence-electron chi connectivity index (χ1n) is 8.10. The highest BCUT2D eigenvalue weighted by Gasteiger charge is 2.22. The van der Waals surface area contributed by atoms with Crippen molar-refractivity contribution < 1.29 is 18.8 Å². The van der Waals surface area contributed by atoms with Crippen LogP contribution in [-0.2, 0) is 11.3 Å². The van der Waals surface area contributed by atoms with Gasteiger partial charge < -0.3 is 18.9 Å². The molecule has 128 valence electrons. The van der Waals surface area contributed by atoms with Crippen LogP contribution in [0, 0.1) is 13.8 Å². The van der Waals surface area contributed by atoms with Gasteiger partial charge in [0.15, 0.2) is 0 Å². The molecule has 1 aromatic heterocycles. The summed E-state index contributed by atoms with van der Waals surface area (Å²) in [4.78, 5) is 14.4. The summed E-state index contributed by atoms with van der Waals surface area (Å²) < 4.78 is 16.4. The van der Waals surface area contributed by atoms with E-state index in [1.807, 2.05) is 43.9 Å². The van der Waals surface area contributed by atoms with Crippen LogP contribution in [0.4, 0.5) is 0 Å². The Hall–Kier alpha value is -2.34. The van der Waals surface area contributed by atoms with Gasteiger partial charge in [0.2, 0.25) is 0 Å². The third-order valence-corrected chi connectivity index (χ3v) is 4.17. The molecule has 1 saturated heterocycles. The summed E-state index contributed by atoms with van der Waals surface area (Å²) in [6, 6.07) is 7.27. The van der Waals surface area contributed by atoms with Crippen LogP contribution >= 0.6 is 0 Å². The van der Waals surface area contributed by atoms with Crippen molar-refractivity contribution in [3.8, 4) is 5.75 Å². The lowest BCUT2D eigenvalue weighted by Crippen LogP contribution is -2.44. The number of hydrogen-bond donors (Lipinski definition) is 0. The van der Waals surface area contributed by atoms with E-state index < -0.39 is 0 Å². The molecule has 1 aromatic carbocycles. The predicted molar refractivity (Wildman–Crippen MR) is 88.1 cm³/mol. The molecule has 0 N–H and O–H groups in total. The summed E-state index contributed by atoms with van der Waals surface area (Å²) in [5.41, 5.74) is 2.39. The Morgan fingerprint density at radius 1 is 1.42 bits per heavy atom. The van der Waals surface area contributed by atoms with Crippen LogP contribution in [0.5, 0.6) is 5.75 Å². The Labute approximate surface area is 141 Å². The van der Waals surface area contributed by atoms with Gasteiger partial charge in [0, 0.05) is 18.7 Å². The first kappa shape index (κ1) is 16.5. The molecule has 1 amide bonds. The van der Waals surface area contributed by atoms with Crippen molar-refractivity contribution >= 4 is 5.91 Å². The predicted octanol–water partition coefficient (Wildman–Crippen LogP) is 2.73. The Morgan fingerprint density at radius 2 is 2.25 bits per heavy atom. The third kappa shape index (κ3) is 3.59. The molecule has 0 radical (unpaired) electrons. The van der Waals surface area contributed by atoms with E-state index in [0.717, 1.165) is 17.0 Å². The van der Waals surface area contributed by atoms with E-state index in [1.54, 1.807) is 6.07 Å². The number of aromatic nitrogens is 1. The number of carbonyl (C=O) groups is 1. The Bertz CT molecular complexity index is 706. The van der Waals surface area contributed by atoms with E-state index in [-0.39, 0.29) is 12.0 Å². The van der Waals surface area contributed by atoms with Crippen LogP contribution in [-0.4, -0.2) is 41.8 Å². The summed E-state index contributed by atoms with van der Waals surface area (Å²) in [7, 11) is 0. The first-order valence-corrected chi connectivity index (χ1v) is 8.10. The van der Waals surface area contributed by atoms with Gasteiger partial charge in [0.25, 0.3) is 5.91 Å². The molecule has 1 aliphatic rings. The highest BCUT2D eigenvalue weighted by Crippen LogP contribution is 2.20. The van der Waals surface area contributed by atoms with Gasteiger partial charge >= 0.3 is 0 Å². The van der Waals surface area contributed by atoms with Gasteiger partial charge in [0.1, 0.15) is 18.1 Å². The molecule has 0 saturated carbocycles. The highest BCUT2D eigenvalue weighted by molar-refractivity contribution is 5.94. The summed E-state index contributed by atoms with van der Waals surface area (Å²) in [6.45, 7) is 7.90. The van der Waals surface area contributed by atoms with Crippen molar-refractivity contribution in [1.29, 1.82) is 0 Å². The topological polar surface area (TPSA) is 64.8 Å². The van der Waals surface area contributed by atoms with E-state index in [9.17, 15) is 4.79 Å². The molecule has 6 nitrogen and oxygen atoms in total. The SMILES string of the molecule is Cc1noc(C)c1COc1cccc(C(=O)N2CCO[C@@H](C)C2)c1. The van der Waals surface area contributed by atoms with Crippen molar-refractivity contribution in [3.05, 3.63) is 46.8 Å². The smallest absolute Gasteiger partial charge is 0.254 e. The van der Waals surface area contributed by atoms with E-state index >= 15 is 0 Å². The third-order valence-electron chi connectivity index (χ3n) is 4.17. The zero-order valence-corrected chi connectivity index (χ0v) is 14.2. The van der Waals surface area contributed by atoms with Gasteiger partial charge in [-0.3, -0.25) is 4.79 Å². The lowest BCUT2D eigenvalue weighted by atomic mass is 10.1. The molecular weight excluding hydrogens is 308 g/mol. The van der Waals surface area contributed by atoms with Gasteiger partial charge in [-0.1, -0.05) is 11.2 Å². The summed E-state index contributed by atoms with van der Waals surface area (Å²) in [5, 5.41) is 3.91. The second kappa shape index (κ2) is 7.05. The molecule has 0 unspecified atom stereocenters. The maximum absolute atomic E-state index is 12.6. The van der Waals surface area contributed by atoms with Crippen molar-refractivity contribution in [2.75, 3.05) is 19.7 Å². The van der Waals surface area contributed by atoms with Crippen molar-refractivity contribution in [1.82, 2.24) is 10.1 Å². The number of ether oxygens (including phenoxy) is 2. The average Bonchev–Trinajstić information content (AvgIpc) is 2.91. The molecule has 6 heteroatoms. The number of hydrogen-bond acceptors (Lipinski definition) is 5. The fraction of sp³-hybridized carbons (Fsp3) is 0.444. The molecule has 3 rings (SSSR count). The molecule has 0 spiro atoms. The van der Waals surface area contributed by atoms with Crippen LogP contribution in [0.2, 0.25) is 0 Å². The number of amides is 1. The van der Waals surface area contributed by atoms with Crippen LogP contribution in [0.25, 0.3) is 0 Å². The fourth-order valence-corrected chi connectivity index (χ4v) is 2.77. The zero-order chi connectivity index (χ0) is 17.1. The second-order valence-electron chi connectivity index (χ2n) is 6.05. The largest absolute Gasteiger partial charge is 0.489 e. The quantitative estimate of drug-likeness (QED) is 0.862. The Morgan fingerprint density at radius 3 is 2.96 bits per heavy atom. The first-order chi connectivity index (χ1) is 11.5. The number of carbonyl (C=O) groups excluding carboxylic acids is 1. The van der Waals surface area contributed by atoms with Gasteiger partial charge in [-0.05, 0) is 39.0 Å². The number of morpholine rings is 1. The standard InChI is InChI=1S/C18H22N2O4/c1-12-10-20(7-8-22-12)18(21)15-5-4-6-16(9-15)23-11-17-13(2)19-24-14(17)3/h4-6,9,12H,7-8,10-11H2,1-3H3/t12-/m0/s1. The number of benzene rings is 1. The van der Waals surface area contributed by atoms with Crippen molar-refractivity contribution in [2.24, 2.45) is 0 Å². The number of nitrogens with zero attached hydrogens (tertiary/aromatic N) is 2. The van der Waals surface area contributed by atoms with Crippen LogP contribution < -0.4 is 4.74 Å². The van der Waals surface area contributed by atoms with Crippen molar-refractivity contribution in [3.63, 3.8) is 0 Å². The van der Waals surface area contributed by atoms with E-state index in [0.29, 0.717) is 37.6 Å². The van der Waals surface area contributed by atoms with Gasteiger partial charge in [0.05, 0.1) is 24.0 Å². The average molecular weight is 330 g/mol. The molecular formula is C18H22N2O4. The van der Waals surface area contributed by atoms with Crippen LogP contribution in [0.3, 0.4) is 0 Å². The highest BCUT2D eigenvalue weighted by atomic mass is 16.5. The number of aryl methyl sites for hydroxylation is 2. The molecule has 0 aliphatic carbocycles. The summed E-state index contributed by atoms with van der Waals surface area (Å²) in [6.07, 6.45) is 0.0710. The minimum Gasteiger partial charge on any atom is -0.489 e. The normalized spacial score (nSPS) is 17.8. The maximum Gasteiger partial charge on any atom is 0.254 e. The van der Waals surface area contributed by atoms with Crippen molar-refractivity contribution in [2.45, 2.75) is 33.5 Å². The van der Waals surface area contributed by atoms with Crippen LogP contribution in [0.1, 0.15) is 34.3 Å². The molecule has 1 atom stereocenters. The maximum atomic E-state index is 12.6. The van der Waals surface area contributed by atoms with Crippen LogP contribution in [0.15, 0.2) is 28.8 Å². The van der Waals surface area contributed by atoms with Gasteiger partial charge in [-0.25, -0.2) is 0 Å². The fourth-order valence-electron chi connectivity index (χ4n) is 2.77. The second-order valence-corrected chi connectivity index (χ2v) is 6.05. The lowest BCUT2D eigenvalue weighted by Gasteiger charge is -2.31. The van der Waals surface area contributed by atoms with E-state index in [1.165, 1.54) is 0 Å². The molecule has 24 heavy (non-hydrogen) atoms. The number of rotatable bonds is 4. The summed E-state index contributed by atoms with van der Waals surface area (Å²) in [5.74, 6) is 1.41. The molecule has 2 aromatic rings. The molecule has 2 heterocycles. The van der Waals surface area contributed by atoms with Gasteiger partial charge in [-0.15, -0.1) is 0 Å². The Kier molecular flexibility index (Phi) is 4.85. The monoisotopic (exact) mass is 330 g/mol. The minimum atomic E-state index is 0.00735. The molecule has 0 bridgehead atoms. The zero-order valence-electron chi connectivity index (χ0n) is 14.2. The minimum absolute atomic E-state index is 0.00735. The summed E-state index contributed by atoms with van der Waals surface area (Å²) >= 11 is 0. The van der Waals surface area contributed by atoms with E-state index in [4.69, 9.17) is 14.0 Å². The van der Waals surface area contributed by atoms with Gasteiger partial charge in [-0.2, -0.15) is 0 Å². The lowest BCUT2D eigenvalue weighted by molar-refractivity contribution is -0.0124.